The van der Waals surface area contributed by atoms with Gasteiger partial charge in [-0.15, -0.1) is 0 Å². The van der Waals surface area contributed by atoms with Gasteiger partial charge in [-0.25, -0.2) is 0 Å². The number of alkyl halides is 3. The summed E-state index contributed by atoms with van der Waals surface area (Å²) < 4.78 is 36.0. The first kappa shape index (κ1) is 12.5. The third kappa shape index (κ3) is 5.68. The maximum Gasteiger partial charge on any atom is 0.406 e. The Balaban J connectivity index is 4.17. The molecular formula is C7H13F3N2S. The highest BCUT2D eigenvalue weighted by Crippen LogP contribution is 2.16. The quantitative estimate of drug-likeness (QED) is 0.721. The summed E-state index contributed by atoms with van der Waals surface area (Å²) in [6.45, 7) is 1.14. The lowest BCUT2D eigenvalue weighted by Gasteiger charge is -2.25. The van der Waals surface area contributed by atoms with Crippen LogP contribution in [0.4, 0.5) is 13.2 Å². The van der Waals surface area contributed by atoms with Crippen LogP contribution in [0, 0.1) is 0 Å². The number of nitrogens with zero attached hydrogens (tertiary/aromatic N) is 1. The van der Waals surface area contributed by atoms with E-state index in [0.717, 1.165) is 4.90 Å². The van der Waals surface area contributed by atoms with Gasteiger partial charge < -0.3 is 10.2 Å². The highest BCUT2D eigenvalue weighted by Gasteiger charge is 2.31. The molecule has 0 saturated heterocycles. The minimum atomic E-state index is -4.20. The van der Waals surface area contributed by atoms with Gasteiger partial charge in [0.15, 0.2) is 5.11 Å². The van der Waals surface area contributed by atoms with Gasteiger partial charge in [0, 0.05) is 13.6 Å². The van der Waals surface area contributed by atoms with E-state index < -0.39 is 12.7 Å². The predicted octanol–water partition coefficient (Wildman–Crippen LogP) is 1.77. The van der Waals surface area contributed by atoms with Crippen molar-refractivity contribution in [3.63, 3.8) is 0 Å². The molecule has 0 unspecified atom stereocenters. The van der Waals surface area contributed by atoms with Gasteiger partial charge in [0.25, 0.3) is 0 Å². The molecule has 0 rings (SSSR count). The molecule has 0 saturated carbocycles. The van der Waals surface area contributed by atoms with Crippen LogP contribution in [-0.4, -0.2) is 36.3 Å². The molecule has 0 heterocycles. The summed E-state index contributed by atoms with van der Waals surface area (Å²) in [4.78, 5) is 1.11. The van der Waals surface area contributed by atoms with Gasteiger partial charge in [-0.2, -0.15) is 13.2 Å². The average molecular weight is 214 g/mol. The first-order valence-electron chi connectivity index (χ1n) is 3.94. The standard InChI is InChI=1S/C7H13F3N2S/c1-3-4-12(6(13)11-2)5-7(8,9)10/h3-5H2,1-2H3,(H,11,13). The minimum absolute atomic E-state index is 0.138. The van der Waals surface area contributed by atoms with E-state index in [0.29, 0.717) is 13.0 Å². The Labute approximate surface area is 81.1 Å². The van der Waals surface area contributed by atoms with Crippen LogP contribution in [0.15, 0.2) is 0 Å². The Bertz CT molecular complexity index is 170. The second-order valence-electron chi connectivity index (χ2n) is 2.59. The number of hydrogen-bond acceptors (Lipinski definition) is 1. The lowest BCUT2D eigenvalue weighted by atomic mass is 10.4. The Hall–Kier alpha value is -0.520. The molecule has 0 aromatic carbocycles. The molecule has 0 aliphatic heterocycles. The van der Waals surface area contributed by atoms with Gasteiger partial charge in [-0.3, -0.25) is 0 Å². The van der Waals surface area contributed by atoms with Crippen molar-refractivity contribution in [1.29, 1.82) is 0 Å². The molecule has 0 amide bonds. The van der Waals surface area contributed by atoms with Crippen molar-refractivity contribution >= 4 is 17.3 Å². The normalized spacial score (nSPS) is 11.2. The highest BCUT2D eigenvalue weighted by molar-refractivity contribution is 7.80. The second-order valence-corrected chi connectivity index (χ2v) is 2.98. The third-order valence-electron chi connectivity index (χ3n) is 1.36. The van der Waals surface area contributed by atoms with E-state index in [4.69, 9.17) is 12.2 Å². The summed E-state index contributed by atoms with van der Waals surface area (Å²) in [7, 11) is 1.52. The van der Waals surface area contributed by atoms with Crippen molar-refractivity contribution in [2.24, 2.45) is 0 Å². The van der Waals surface area contributed by atoms with Crippen molar-refractivity contribution in [2.45, 2.75) is 19.5 Å². The molecule has 0 aliphatic rings. The number of nitrogens with one attached hydrogen (secondary N) is 1. The number of thiocarbonyl (C=S) groups is 1. The average Bonchev–Trinajstić information content (AvgIpc) is 2.00. The Morgan fingerprint density at radius 2 is 2.00 bits per heavy atom. The lowest BCUT2D eigenvalue weighted by molar-refractivity contribution is -0.137. The molecule has 0 aliphatic carbocycles. The zero-order valence-electron chi connectivity index (χ0n) is 7.61. The smallest absolute Gasteiger partial charge is 0.366 e. The minimum Gasteiger partial charge on any atom is -0.366 e. The van der Waals surface area contributed by atoms with E-state index in [1.807, 2.05) is 6.92 Å². The fourth-order valence-corrected chi connectivity index (χ4v) is 1.05. The van der Waals surface area contributed by atoms with Crippen molar-refractivity contribution in [3.05, 3.63) is 0 Å². The summed E-state index contributed by atoms with van der Waals surface area (Å²) in [6, 6.07) is 0. The zero-order valence-corrected chi connectivity index (χ0v) is 8.43. The summed E-state index contributed by atoms with van der Waals surface area (Å²) in [5.74, 6) is 0. The van der Waals surface area contributed by atoms with Gasteiger partial charge in [-0.1, -0.05) is 6.92 Å². The van der Waals surface area contributed by atoms with Crippen molar-refractivity contribution in [3.8, 4) is 0 Å². The maximum absolute atomic E-state index is 12.0. The van der Waals surface area contributed by atoms with Crippen molar-refractivity contribution < 1.29 is 13.2 Å². The van der Waals surface area contributed by atoms with Crippen LogP contribution in [0.5, 0.6) is 0 Å². The molecule has 13 heavy (non-hydrogen) atoms. The van der Waals surface area contributed by atoms with Gasteiger partial charge in [-0.05, 0) is 18.6 Å². The van der Waals surface area contributed by atoms with Gasteiger partial charge in [0.1, 0.15) is 6.54 Å². The molecule has 0 aromatic rings. The molecule has 0 fully saturated rings. The van der Waals surface area contributed by atoms with E-state index >= 15 is 0 Å². The summed E-state index contributed by atoms with van der Waals surface area (Å²) in [5.41, 5.74) is 0. The largest absolute Gasteiger partial charge is 0.406 e. The van der Waals surface area contributed by atoms with Gasteiger partial charge in [0.2, 0.25) is 0 Å². The molecule has 78 valence electrons. The van der Waals surface area contributed by atoms with Gasteiger partial charge >= 0.3 is 6.18 Å². The van der Waals surface area contributed by atoms with Crippen LogP contribution in [0.1, 0.15) is 13.3 Å². The molecule has 2 nitrogen and oxygen atoms in total. The molecular weight excluding hydrogens is 201 g/mol. The van der Waals surface area contributed by atoms with Crippen molar-refractivity contribution in [2.75, 3.05) is 20.1 Å². The number of rotatable bonds is 3. The maximum atomic E-state index is 12.0. The van der Waals surface area contributed by atoms with Gasteiger partial charge in [0.05, 0.1) is 0 Å². The van der Waals surface area contributed by atoms with Crippen LogP contribution in [-0.2, 0) is 0 Å². The second kappa shape index (κ2) is 5.26. The SMILES string of the molecule is CCCN(CC(F)(F)F)C(=S)NC. The fraction of sp³-hybridized carbons (Fsp3) is 0.857. The Kier molecular flexibility index (Phi) is 5.05. The van der Waals surface area contributed by atoms with E-state index in [-0.39, 0.29) is 5.11 Å². The third-order valence-corrected chi connectivity index (χ3v) is 1.83. The van der Waals surface area contributed by atoms with Crippen LogP contribution in [0.25, 0.3) is 0 Å². The first-order valence-corrected chi connectivity index (χ1v) is 4.35. The molecule has 1 N–H and O–H groups in total. The number of halogens is 3. The van der Waals surface area contributed by atoms with E-state index in [1.54, 1.807) is 0 Å². The molecule has 6 heteroatoms. The Morgan fingerprint density at radius 3 is 2.31 bits per heavy atom. The van der Waals surface area contributed by atoms with Crippen LogP contribution in [0.2, 0.25) is 0 Å². The van der Waals surface area contributed by atoms with E-state index in [1.165, 1.54) is 7.05 Å². The highest BCUT2D eigenvalue weighted by atomic mass is 32.1. The van der Waals surface area contributed by atoms with Crippen LogP contribution in [0.3, 0.4) is 0 Å². The number of hydrogen-bond donors (Lipinski definition) is 1. The van der Waals surface area contributed by atoms with E-state index in [2.05, 4.69) is 5.32 Å². The fourth-order valence-electron chi connectivity index (χ4n) is 0.897. The van der Waals surface area contributed by atoms with Crippen LogP contribution >= 0.6 is 12.2 Å². The molecule has 0 aromatic heterocycles. The zero-order chi connectivity index (χ0) is 10.5. The molecule has 0 atom stereocenters. The van der Waals surface area contributed by atoms with Crippen LogP contribution < -0.4 is 5.32 Å². The summed E-state index contributed by atoms with van der Waals surface area (Å²) >= 11 is 4.72. The summed E-state index contributed by atoms with van der Waals surface area (Å²) in [6.07, 6.45) is -3.56. The monoisotopic (exact) mass is 214 g/mol. The topological polar surface area (TPSA) is 15.3 Å². The molecule has 0 spiro atoms. The Morgan fingerprint density at radius 1 is 1.46 bits per heavy atom. The van der Waals surface area contributed by atoms with Crippen molar-refractivity contribution in [1.82, 2.24) is 10.2 Å². The van der Waals surface area contributed by atoms with E-state index in [9.17, 15) is 13.2 Å². The molecule has 0 bridgehead atoms. The lowest BCUT2D eigenvalue weighted by Crippen LogP contribution is -2.43. The molecule has 0 radical (unpaired) electrons. The predicted molar refractivity (Wildman–Crippen MR) is 49.6 cm³/mol. The first-order chi connectivity index (χ1) is 5.90. The summed E-state index contributed by atoms with van der Waals surface area (Å²) in [5, 5.41) is 2.67.